The maximum absolute atomic E-state index is 12.7. The largest absolute Gasteiger partial charge is 0.359 e. The lowest BCUT2D eigenvalue weighted by Crippen LogP contribution is -2.30. The van der Waals surface area contributed by atoms with Crippen LogP contribution in [0.4, 0.5) is 0 Å². The van der Waals surface area contributed by atoms with E-state index in [2.05, 4.69) is 5.16 Å². The first kappa shape index (κ1) is 14.4. The summed E-state index contributed by atoms with van der Waals surface area (Å²) in [6.45, 7) is 2.54. The predicted molar refractivity (Wildman–Crippen MR) is 80.7 cm³/mol. The van der Waals surface area contributed by atoms with Crippen molar-refractivity contribution in [2.75, 3.05) is 6.54 Å². The number of benzene rings is 1. The van der Waals surface area contributed by atoms with Gasteiger partial charge in [0.2, 0.25) is 0 Å². The van der Waals surface area contributed by atoms with Gasteiger partial charge in [-0.3, -0.25) is 4.79 Å². The summed E-state index contributed by atoms with van der Waals surface area (Å²) in [4.78, 5) is 14.5. The Bertz CT molecular complexity index is 684. The fourth-order valence-electron chi connectivity index (χ4n) is 2.66. The first-order valence-corrected chi connectivity index (χ1v) is 7.51. The summed E-state index contributed by atoms with van der Waals surface area (Å²) in [5.74, 6) is 0.593. The molecular formula is C15H14Cl2N2O2. The number of carbonyl (C=O) groups excluding carboxylic acids is 1. The van der Waals surface area contributed by atoms with Crippen molar-refractivity contribution < 1.29 is 9.32 Å². The van der Waals surface area contributed by atoms with Gasteiger partial charge in [-0.15, -0.1) is 0 Å². The Balaban J connectivity index is 1.91. The van der Waals surface area contributed by atoms with E-state index in [1.165, 1.54) is 0 Å². The van der Waals surface area contributed by atoms with Crippen molar-refractivity contribution in [3.8, 4) is 0 Å². The number of aryl methyl sites for hydroxylation is 1. The van der Waals surface area contributed by atoms with Gasteiger partial charge in [0.15, 0.2) is 5.76 Å². The summed E-state index contributed by atoms with van der Waals surface area (Å²) >= 11 is 12.1. The Labute approximate surface area is 132 Å². The van der Waals surface area contributed by atoms with Crippen LogP contribution in [0.3, 0.4) is 0 Å². The number of amides is 1. The van der Waals surface area contributed by atoms with Crippen molar-refractivity contribution in [1.82, 2.24) is 10.1 Å². The van der Waals surface area contributed by atoms with Gasteiger partial charge in [-0.1, -0.05) is 28.4 Å². The van der Waals surface area contributed by atoms with E-state index in [1.807, 2.05) is 13.0 Å². The van der Waals surface area contributed by atoms with E-state index in [4.69, 9.17) is 27.7 Å². The van der Waals surface area contributed by atoms with E-state index in [1.54, 1.807) is 23.1 Å². The molecule has 1 unspecified atom stereocenters. The molecule has 0 aliphatic carbocycles. The van der Waals surface area contributed by atoms with Crippen LogP contribution >= 0.6 is 23.2 Å². The number of likely N-dealkylation sites (tertiary alicyclic amines) is 1. The molecule has 1 saturated heterocycles. The minimum atomic E-state index is -0.126. The molecule has 1 fully saturated rings. The van der Waals surface area contributed by atoms with E-state index in [0.717, 1.165) is 24.3 Å². The topological polar surface area (TPSA) is 46.3 Å². The van der Waals surface area contributed by atoms with Crippen LogP contribution in [0, 0.1) is 6.92 Å². The second-order valence-electron chi connectivity index (χ2n) is 5.15. The Morgan fingerprint density at radius 3 is 2.90 bits per heavy atom. The second kappa shape index (κ2) is 5.70. The van der Waals surface area contributed by atoms with E-state index in [-0.39, 0.29) is 11.9 Å². The highest BCUT2D eigenvalue weighted by atomic mass is 35.5. The molecular weight excluding hydrogens is 311 g/mol. The molecule has 1 aliphatic rings. The SMILES string of the molecule is Cc1cc(C2CCCN2C(=O)c2cc(Cl)ccc2Cl)on1. The molecule has 1 amide bonds. The van der Waals surface area contributed by atoms with Crippen molar-refractivity contribution >= 4 is 29.1 Å². The molecule has 0 N–H and O–H groups in total. The molecule has 6 heteroatoms. The summed E-state index contributed by atoms with van der Waals surface area (Å²) < 4.78 is 5.32. The van der Waals surface area contributed by atoms with Gasteiger partial charge in [0, 0.05) is 17.6 Å². The molecule has 21 heavy (non-hydrogen) atoms. The Morgan fingerprint density at radius 2 is 2.19 bits per heavy atom. The monoisotopic (exact) mass is 324 g/mol. The van der Waals surface area contributed by atoms with Gasteiger partial charge in [-0.25, -0.2) is 0 Å². The van der Waals surface area contributed by atoms with Gasteiger partial charge in [0.05, 0.1) is 22.3 Å². The summed E-state index contributed by atoms with van der Waals surface area (Å²) in [6, 6.07) is 6.69. The molecule has 1 atom stereocenters. The molecule has 1 aromatic heterocycles. The predicted octanol–water partition coefficient (Wildman–Crippen LogP) is 4.27. The summed E-state index contributed by atoms with van der Waals surface area (Å²) in [7, 11) is 0. The van der Waals surface area contributed by atoms with Crippen molar-refractivity contribution in [2.24, 2.45) is 0 Å². The highest BCUT2D eigenvalue weighted by Crippen LogP contribution is 2.34. The number of nitrogens with zero attached hydrogens (tertiary/aromatic N) is 2. The second-order valence-corrected chi connectivity index (χ2v) is 6.00. The molecule has 1 aliphatic heterocycles. The number of hydrogen-bond donors (Lipinski definition) is 0. The fraction of sp³-hybridized carbons (Fsp3) is 0.333. The number of halogens is 2. The summed E-state index contributed by atoms with van der Waals surface area (Å²) in [5, 5.41) is 4.80. The molecule has 4 nitrogen and oxygen atoms in total. The molecule has 3 rings (SSSR count). The highest BCUT2D eigenvalue weighted by molar-refractivity contribution is 6.35. The lowest BCUT2D eigenvalue weighted by molar-refractivity contribution is 0.0715. The van der Waals surface area contributed by atoms with Crippen LogP contribution in [-0.4, -0.2) is 22.5 Å². The summed E-state index contributed by atoms with van der Waals surface area (Å²) in [6.07, 6.45) is 1.78. The van der Waals surface area contributed by atoms with Gasteiger partial charge >= 0.3 is 0 Å². The van der Waals surface area contributed by atoms with Crippen molar-refractivity contribution in [3.63, 3.8) is 0 Å². The van der Waals surface area contributed by atoms with Crippen LogP contribution in [0.1, 0.15) is 40.7 Å². The lowest BCUT2D eigenvalue weighted by atomic mass is 10.1. The average molecular weight is 325 g/mol. The molecule has 0 radical (unpaired) electrons. The smallest absolute Gasteiger partial charge is 0.256 e. The van der Waals surface area contributed by atoms with Crippen LogP contribution in [0.15, 0.2) is 28.8 Å². The minimum absolute atomic E-state index is 0.0891. The van der Waals surface area contributed by atoms with E-state index < -0.39 is 0 Å². The minimum Gasteiger partial charge on any atom is -0.359 e. The van der Waals surface area contributed by atoms with Crippen LogP contribution < -0.4 is 0 Å². The third-order valence-electron chi connectivity index (χ3n) is 3.65. The number of rotatable bonds is 2. The molecule has 0 spiro atoms. The zero-order valence-electron chi connectivity index (χ0n) is 11.5. The van der Waals surface area contributed by atoms with Gasteiger partial charge in [-0.2, -0.15) is 0 Å². The quantitative estimate of drug-likeness (QED) is 0.828. The van der Waals surface area contributed by atoms with Crippen LogP contribution in [0.2, 0.25) is 10.0 Å². The first-order valence-electron chi connectivity index (χ1n) is 6.75. The first-order chi connectivity index (χ1) is 10.1. The van der Waals surface area contributed by atoms with E-state index in [9.17, 15) is 4.79 Å². The highest BCUT2D eigenvalue weighted by Gasteiger charge is 2.33. The lowest BCUT2D eigenvalue weighted by Gasteiger charge is -2.23. The van der Waals surface area contributed by atoms with Crippen molar-refractivity contribution in [2.45, 2.75) is 25.8 Å². The fourth-order valence-corrected chi connectivity index (χ4v) is 3.03. The number of carbonyl (C=O) groups is 1. The third kappa shape index (κ3) is 2.78. The van der Waals surface area contributed by atoms with Crippen LogP contribution in [-0.2, 0) is 0 Å². The van der Waals surface area contributed by atoms with Crippen molar-refractivity contribution in [3.05, 3.63) is 51.3 Å². The van der Waals surface area contributed by atoms with E-state index >= 15 is 0 Å². The Kier molecular flexibility index (Phi) is 3.91. The zero-order valence-corrected chi connectivity index (χ0v) is 13.0. The van der Waals surface area contributed by atoms with Crippen LogP contribution in [0.5, 0.6) is 0 Å². The Hall–Kier alpha value is -1.52. The molecule has 110 valence electrons. The molecule has 2 aromatic rings. The normalized spacial score (nSPS) is 18.2. The number of aromatic nitrogens is 1. The molecule has 0 saturated carbocycles. The van der Waals surface area contributed by atoms with Gasteiger partial charge < -0.3 is 9.42 Å². The maximum atomic E-state index is 12.7. The molecule has 2 heterocycles. The Morgan fingerprint density at radius 1 is 1.38 bits per heavy atom. The van der Waals surface area contributed by atoms with E-state index in [0.29, 0.717) is 22.2 Å². The van der Waals surface area contributed by atoms with Gasteiger partial charge in [0.25, 0.3) is 5.91 Å². The molecule has 1 aromatic carbocycles. The standard InChI is InChI=1S/C15H14Cl2N2O2/c1-9-7-14(21-18-9)13-3-2-6-19(13)15(20)11-8-10(16)4-5-12(11)17/h4-5,7-8,13H,2-3,6H2,1H3. The zero-order chi connectivity index (χ0) is 15.0. The number of hydrogen-bond acceptors (Lipinski definition) is 3. The van der Waals surface area contributed by atoms with Gasteiger partial charge in [-0.05, 0) is 38.0 Å². The van der Waals surface area contributed by atoms with Crippen LogP contribution in [0.25, 0.3) is 0 Å². The molecule has 0 bridgehead atoms. The third-order valence-corrected chi connectivity index (χ3v) is 4.21. The van der Waals surface area contributed by atoms with Gasteiger partial charge in [0.1, 0.15) is 0 Å². The summed E-state index contributed by atoms with van der Waals surface area (Å²) in [5.41, 5.74) is 1.23. The maximum Gasteiger partial charge on any atom is 0.256 e. The average Bonchev–Trinajstić information content (AvgIpc) is 3.09. The van der Waals surface area contributed by atoms with Crippen molar-refractivity contribution in [1.29, 1.82) is 0 Å².